The maximum Gasteiger partial charge on any atom is 0.287 e. The van der Waals surface area contributed by atoms with Crippen LogP contribution < -0.4 is 5.32 Å². The Labute approximate surface area is 162 Å². The first-order chi connectivity index (χ1) is 12.3. The number of hydrogen-bond acceptors (Lipinski definition) is 3. The van der Waals surface area contributed by atoms with E-state index in [0.29, 0.717) is 36.8 Å². The maximum atomic E-state index is 12.7. The predicted molar refractivity (Wildman–Crippen MR) is 105 cm³/mol. The molecule has 2 aromatic rings. The van der Waals surface area contributed by atoms with E-state index in [9.17, 15) is 9.59 Å². The van der Waals surface area contributed by atoms with E-state index in [4.69, 9.17) is 4.42 Å². The van der Waals surface area contributed by atoms with Crippen LogP contribution in [0.1, 0.15) is 49.2 Å². The highest BCUT2D eigenvalue weighted by atomic mass is 79.9. The molecule has 140 valence electrons. The second-order valence-electron chi connectivity index (χ2n) is 7.42. The number of fused-ring (bicyclic) bond motifs is 1. The number of carbonyl (C=O) groups excluding carboxylic acids is 2. The summed E-state index contributed by atoms with van der Waals surface area (Å²) in [5, 5.41) is 4.01. The largest absolute Gasteiger partial charge is 0.451 e. The van der Waals surface area contributed by atoms with Crippen LogP contribution in [-0.2, 0) is 4.79 Å². The molecule has 1 saturated heterocycles. The van der Waals surface area contributed by atoms with Gasteiger partial charge in [0.15, 0.2) is 5.76 Å². The number of likely N-dealkylation sites (tertiary alicyclic amines) is 1. The summed E-state index contributed by atoms with van der Waals surface area (Å²) in [4.78, 5) is 26.7. The zero-order valence-corrected chi connectivity index (χ0v) is 17.1. The lowest BCUT2D eigenvalue weighted by Crippen LogP contribution is -2.46. The van der Waals surface area contributed by atoms with Crippen molar-refractivity contribution in [3.63, 3.8) is 0 Å². The Morgan fingerprint density at radius 1 is 1.31 bits per heavy atom. The molecular formula is C20H25BrN2O3. The van der Waals surface area contributed by atoms with E-state index < -0.39 is 0 Å². The number of rotatable bonds is 4. The van der Waals surface area contributed by atoms with Gasteiger partial charge in [0.2, 0.25) is 5.91 Å². The van der Waals surface area contributed by atoms with E-state index >= 15 is 0 Å². The van der Waals surface area contributed by atoms with E-state index in [1.54, 1.807) is 0 Å². The van der Waals surface area contributed by atoms with Gasteiger partial charge >= 0.3 is 0 Å². The Morgan fingerprint density at radius 2 is 2.00 bits per heavy atom. The number of hydrogen-bond donors (Lipinski definition) is 1. The van der Waals surface area contributed by atoms with Crippen LogP contribution in [0, 0.1) is 12.8 Å². The second-order valence-corrected chi connectivity index (χ2v) is 8.34. The van der Waals surface area contributed by atoms with Gasteiger partial charge in [0.25, 0.3) is 5.91 Å². The average molecular weight is 421 g/mol. The Morgan fingerprint density at radius 3 is 2.65 bits per heavy atom. The number of piperidine rings is 1. The quantitative estimate of drug-likeness (QED) is 0.802. The zero-order chi connectivity index (χ0) is 18.8. The Balaban J connectivity index is 1.61. The molecule has 1 aliphatic rings. The molecule has 0 radical (unpaired) electrons. The summed E-state index contributed by atoms with van der Waals surface area (Å²) in [6.45, 7) is 7.41. The molecule has 0 unspecified atom stereocenters. The fourth-order valence-electron chi connectivity index (χ4n) is 3.41. The van der Waals surface area contributed by atoms with Crippen LogP contribution in [0.3, 0.4) is 0 Å². The van der Waals surface area contributed by atoms with Gasteiger partial charge in [0.05, 0.1) is 0 Å². The van der Waals surface area contributed by atoms with E-state index in [1.165, 1.54) is 0 Å². The first kappa shape index (κ1) is 19.0. The number of nitrogens with one attached hydrogen (secondary N) is 1. The number of benzene rings is 1. The first-order valence-corrected chi connectivity index (χ1v) is 9.91. The fourth-order valence-corrected chi connectivity index (χ4v) is 3.77. The molecule has 2 heterocycles. The molecule has 2 amide bonds. The minimum absolute atomic E-state index is 0.0740. The molecule has 0 bridgehead atoms. The van der Waals surface area contributed by atoms with Gasteiger partial charge in [0.1, 0.15) is 5.58 Å². The molecule has 0 aliphatic carbocycles. The van der Waals surface area contributed by atoms with Crippen molar-refractivity contribution in [1.82, 2.24) is 10.2 Å². The molecular weight excluding hydrogens is 396 g/mol. The van der Waals surface area contributed by atoms with Gasteiger partial charge in [-0.15, -0.1) is 0 Å². The molecule has 0 saturated carbocycles. The van der Waals surface area contributed by atoms with Crippen LogP contribution in [0.5, 0.6) is 0 Å². The van der Waals surface area contributed by atoms with Gasteiger partial charge in [0, 0.05) is 41.0 Å². The fraction of sp³-hybridized carbons (Fsp3) is 0.500. The Hall–Kier alpha value is -1.82. The van der Waals surface area contributed by atoms with Crippen molar-refractivity contribution in [3.05, 3.63) is 34.0 Å². The highest BCUT2D eigenvalue weighted by Crippen LogP contribution is 2.28. The molecule has 0 atom stereocenters. The molecule has 3 rings (SSSR count). The van der Waals surface area contributed by atoms with Crippen molar-refractivity contribution >= 4 is 38.7 Å². The highest BCUT2D eigenvalue weighted by Gasteiger charge is 2.26. The monoisotopic (exact) mass is 420 g/mol. The molecule has 6 heteroatoms. The normalized spacial score (nSPS) is 15.7. The summed E-state index contributed by atoms with van der Waals surface area (Å²) in [7, 11) is 0. The molecule has 1 N–H and O–H groups in total. The van der Waals surface area contributed by atoms with Crippen molar-refractivity contribution in [1.29, 1.82) is 0 Å². The van der Waals surface area contributed by atoms with Gasteiger partial charge < -0.3 is 14.6 Å². The number of amides is 2. The van der Waals surface area contributed by atoms with Crippen molar-refractivity contribution in [2.45, 2.75) is 46.1 Å². The Kier molecular flexibility index (Phi) is 5.70. The first-order valence-electron chi connectivity index (χ1n) is 9.12. The molecule has 1 fully saturated rings. The SMILES string of the molecule is Cc1c(C(=O)NC2CCN(C(=O)CC(C)C)CC2)oc2ccc(Br)cc12. The van der Waals surface area contributed by atoms with Gasteiger partial charge in [-0.2, -0.15) is 0 Å². The summed E-state index contributed by atoms with van der Waals surface area (Å²) in [6.07, 6.45) is 2.14. The zero-order valence-electron chi connectivity index (χ0n) is 15.5. The highest BCUT2D eigenvalue weighted by molar-refractivity contribution is 9.10. The average Bonchev–Trinajstić information content (AvgIpc) is 2.91. The summed E-state index contributed by atoms with van der Waals surface area (Å²) in [5.41, 5.74) is 1.56. The van der Waals surface area contributed by atoms with Crippen LogP contribution in [0.15, 0.2) is 27.1 Å². The molecule has 1 aromatic carbocycles. The van der Waals surface area contributed by atoms with E-state index in [1.807, 2.05) is 30.0 Å². The standard InChI is InChI=1S/C20H25BrN2O3/c1-12(2)10-18(24)23-8-6-15(7-9-23)22-20(25)19-13(3)16-11-14(21)4-5-17(16)26-19/h4-5,11-12,15H,6-10H2,1-3H3,(H,22,25). The number of furan rings is 1. The van der Waals surface area contributed by atoms with Crippen molar-refractivity contribution in [3.8, 4) is 0 Å². The Bertz CT molecular complexity index is 820. The van der Waals surface area contributed by atoms with E-state index in [-0.39, 0.29) is 17.9 Å². The van der Waals surface area contributed by atoms with Gasteiger partial charge in [-0.1, -0.05) is 29.8 Å². The van der Waals surface area contributed by atoms with Crippen molar-refractivity contribution in [2.24, 2.45) is 5.92 Å². The third-order valence-corrected chi connectivity index (χ3v) is 5.36. The third-order valence-electron chi connectivity index (χ3n) is 4.87. The minimum atomic E-state index is -0.179. The molecule has 5 nitrogen and oxygen atoms in total. The second kappa shape index (κ2) is 7.82. The van der Waals surface area contributed by atoms with Gasteiger partial charge in [-0.05, 0) is 43.9 Å². The van der Waals surface area contributed by atoms with Crippen molar-refractivity contribution in [2.75, 3.05) is 13.1 Å². The van der Waals surface area contributed by atoms with Gasteiger partial charge in [-0.3, -0.25) is 9.59 Å². The summed E-state index contributed by atoms with van der Waals surface area (Å²) in [5.74, 6) is 0.776. The molecule has 26 heavy (non-hydrogen) atoms. The van der Waals surface area contributed by atoms with Gasteiger partial charge in [-0.25, -0.2) is 0 Å². The van der Waals surface area contributed by atoms with Crippen LogP contribution in [0.4, 0.5) is 0 Å². The minimum Gasteiger partial charge on any atom is -0.451 e. The summed E-state index contributed by atoms with van der Waals surface area (Å²) in [6, 6.07) is 5.80. The molecule has 0 spiro atoms. The third kappa shape index (κ3) is 4.11. The lowest BCUT2D eigenvalue weighted by molar-refractivity contribution is -0.133. The maximum absolute atomic E-state index is 12.7. The summed E-state index contributed by atoms with van der Waals surface area (Å²) >= 11 is 3.45. The van der Waals surface area contributed by atoms with Crippen LogP contribution in [0.2, 0.25) is 0 Å². The number of halogens is 1. The van der Waals surface area contributed by atoms with Crippen LogP contribution in [-0.4, -0.2) is 35.8 Å². The van der Waals surface area contributed by atoms with Crippen molar-refractivity contribution < 1.29 is 14.0 Å². The number of nitrogens with zero attached hydrogens (tertiary/aromatic N) is 1. The lowest BCUT2D eigenvalue weighted by Gasteiger charge is -2.32. The smallest absolute Gasteiger partial charge is 0.287 e. The molecule has 1 aliphatic heterocycles. The predicted octanol–water partition coefficient (Wildman–Crippen LogP) is 4.27. The number of aryl methyl sites for hydroxylation is 1. The van der Waals surface area contributed by atoms with E-state index in [0.717, 1.165) is 28.3 Å². The van der Waals surface area contributed by atoms with E-state index in [2.05, 4.69) is 35.1 Å². The lowest BCUT2D eigenvalue weighted by atomic mass is 10.0. The number of carbonyl (C=O) groups is 2. The molecule has 1 aromatic heterocycles. The summed E-state index contributed by atoms with van der Waals surface area (Å²) < 4.78 is 6.72. The van der Waals surface area contributed by atoms with Crippen LogP contribution in [0.25, 0.3) is 11.0 Å². The topological polar surface area (TPSA) is 62.6 Å². The van der Waals surface area contributed by atoms with Crippen LogP contribution >= 0.6 is 15.9 Å².